The lowest BCUT2D eigenvalue weighted by Gasteiger charge is -2.21. The minimum atomic E-state index is -0.107. The number of hydrogen-bond acceptors (Lipinski definition) is 4. The highest BCUT2D eigenvalue weighted by molar-refractivity contribution is 5.92. The van der Waals surface area contributed by atoms with Gasteiger partial charge in [-0.1, -0.05) is 18.2 Å². The normalized spacial score (nSPS) is 12.2. The van der Waals surface area contributed by atoms with Crippen molar-refractivity contribution in [3.63, 3.8) is 0 Å². The Labute approximate surface area is 162 Å². The molecule has 0 unspecified atom stereocenters. The minimum absolute atomic E-state index is 0.0843. The number of aromatic amines is 1. The van der Waals surface area contributed by atoms with Crippen LogP contribution in [0.3, 0.4) is 0 Å². The summed E-state index contributed by atoms with van der Waals surface area (Å²) < 4.78 is 10.7. The summed E-state index contributed by atoms with van der Waals surface area (Å²) in [7, 11) is 0. The molecule has 0 radical (unpaired) electrons. The molecule has 1 aromatic heterocycles. The molecule has 144 valence electrons. The molecular weight excluding hydrogens is 358 g/mol. The van der Waals surface area contributed by atoms with E-state index in [4.69, 9.17) is 9.47 Å². The third-order valence-electron chi connectivity index (χ3n) is 4.73. The van der Waals surface area contributed by atoms with Crippen LogP contribution >= 0.6 is 0 Å². The highest BCUT2D eigenvalue weighted by atomic mass is 16.7. The lowest BCUT2D eigenvalue weighted by Crippen LogP contribution is -2.38. The van der Waals surface area contributed by atoms with E-state index in [2.05, 4.69) is 10.3 Å². The number of ether oxygens (including phenoxy) is 2. The quantitative estimate of drug-likeness (QED) is 0.690. The topological polar surface area (TPSA) is 83.7 Å². The predicted molar refractivity (Wildman–Crippen MR) is 106 cm³/mol. The van der Waals surface area contributed by atoms with Gasteiger partial charge in [0.25, 0.3) is 0 Å². The van der Waals surface area contributed by atoms with Gasteiger partial charge in [0.2, 0.25) is 18.6 Å². The zero-order valence-corrected chi connectivity index (χ0v) is 15.5. The van der Waals surface area contributed by atoms with Gasteiger partial charge in [0.15, 0.2) is 11.5 Å². The van der Waals surface area contributed by atoms with Crippen molar-refractivity contribution in [1.29, 1.82) is 0 Å². The molecule has 0 aliphatic carbocycles. The molecule has 0 atom stereocenters. The summed E-state index contributed by atoms with van der Waals surface area (Å²) in [5.74, 6) is 1.09. The van der Waals surface area contributed by atoms with Crippen LogP contribution in [0.25, 0.3) is 10.9 Å². The SMILES string of the molecule is CC(=O)N(CCNC(=O)Cc1c[nH]c2ccccc12)c1ccc2c(c1)OCO2. The zero-order chi connectivity index (χ0) is 19.5. The van der Waals surface area contributed by atoms with Crippen LogP contribution < -0.4 is 19.7 Å². The second-order valence-corrected chi connectivity index (χ2v) is 6.59. The molecule has 1 aliphatic heterocycles. The Bertz CT molecular complexity index is 1030. The van der Waals surface area contributed by atoms with Crippen LogP contribution in [0.15, 0.2) is 48.7 Å². The number of benzene rings is 2. The number of carbonyl (C=O) groups is 2. The van der Waals surface area contributed by atoms with Gasteiger partial charge in [-0.3, -0.25) is 9.59 Å². The van der Waals surface area contributed by atoms with Crippen LogP contribution in [-0.4, -0.2) is 36.7 Å². The Morgan fingerprint density at radius 1 is 1.14 bits per heavy atom. The van der Waals surface area contributed by atoms with Crippen molar-refractivity contribution in [1.82, 2.24) is 10.3 Å². The first-order valence-electron chi connectivity index (χ1n) is 9.11. The number of para-hydroxylation sites is 1. The monoisotopic (exact) mass is 379 g/mol. The van der Waals surface area contributed by atoms with Gasteiger partial charge in [-0.25, -0.2) is 0 Å². The van der Waals surface area contributed by atoms with E-state index in [0.29, 0.717) is 30.3 Å². The first-order valence-corrected chi connectivity index (χ1v) is 9.11. The highest BCUT2D eigenvalue weighted by Crippen LogP contribution is 2.35. The molecule has 7 nitrogen and oxygen atoms in total. The summed E-state index contributed by atoms with van der Waals surface area (Å²) >= 11 is 0. The maximum atomic E-state index is 12.3. The van der Waals surface area contributed by atoms with E-state index in [1.807, 2.05) is 36.5 Å². The molecule has 0 spiro atoms. The number of carbonyl (C=O) groups excluding carboxylic acids is 2. The van der Waals surface area contributed by atoms with Crippen LogP contribution in [0.1, 0.15) is 12.5 Å². The van der Waals surface area contributed by atoms with Gasteiger partial charge in [0.05, 0.1) is 6.42 Å². The molecule has 2 N–H and O–H groups in total. The standard InChI is InChI=1S/C21H21N3O4/c1-14(25)24(16-6-7-19-20(11-16)28-13-27-19)9-8-22-21(26)10-15-12-23-18-5-3-2-4-17(15)18/h2-7,11-12,23H,8-10,13H2,1H3,(H,22,26). The second kappa shape index (κ2) is 7.64. The molecule has 2 aromatic carbocycles. The van der Waals surface area contributed by atoms with Crippen molar-refractivity contribution in [2.45, 2.75) is 13.3 Å². The second-order valence-electron chi connectivity index (χ2n) is 6.59. The third-order valence-corrected chi connectivity index (χ3v) is 4.73. The van der Waals surface area contributed by atoms with Crippen LogP contribution in [0.2, 0.25) is 0 Å². The van der Waals surface area contributed by atoms with Crippen molar-refractivity contribution >= 4 is 28.4 Å². The fourth-order valence-corrected chi connectivity index (χ4v) is 3.34. The zero-order valence-electron chi connectivity index (χ0n) is 15.5. The van der Waals surface area contributed by atoms with Crippen molar-refractivity contribution in [2.75, 3.05) is 24.8 Å². The van der Waals surface area contributed by atoms with Gasteiger partial charge in [-0.2, -0.15) is 0 Å². The van der Waals surface area contributed by atoms with Gasteiger partial charge in [-0.05, 0) is 23.8 Å². The summed E-state index contributed by atoms with van der Waals surface area (Å²) in [6.07, 6.45) is 2.15. The molecule has 28 heavy (non-hydrogen) atoms. The number of nitrogens with one attached hydrogen (secondary N) is 2. The first-order chi connectivity index (χ1) is 13.6. The third kappa shape index (κ3) is 3.64. The Morgan fingerprint density at radius 3 is 2.82 bits per heavy atom. The fraction of sp³-hybridized carbons (Fsp3) is 0.238. The molecule has 7 heteroatoms. The molecule has 4 rings (SSSR count). The van der Waals surface area contributed by atoms with Gasteiger partial charge in [0.1, 0.15) is 0 Å². The van der Waals surface area contributed by atoms with Gasteiger partial charge in [0, 0.05) is 48.9 Å². The summed E-state index contributed by atoms with van der Waals surface area (Å²) in [5, 5.41) is 3.94. The van der Waals surface area contributed by atoms with Crippen LogP contribution in [0, 0.1) is 0 Å². The number of H-pyrrole nitrogens is 1. The summed E-state index contributed by atoms with van der Waals surface area (Å²) in [6.45, 7) is 2.41. The number of rotatable bonds is 6. The van der Waals surface area contributed by atoms with E-state index in [0.717, 1.165) is 16.5 Å². The minimum Gasteiger partial charge on any atom is -0.454 e. The van der Waals surface area contributed by atoms with Gasteiger partial charge < -0.3 is 24.7 Å². The van der Waals surface area contributed by atoms with E-state index in [1.165, 1.54) is 6.92 Å². The number of fused-ring (bicyclic) bond motifs is 2. The number of aromatic nitrogens is 1. The summed E-state index contributed by atoms with van der Waals surface area (Å²) in [4.78, 5) is 29.2. The molecule has 2 amide bonds. The van der Waals surface area contributed by atoms with Gasteiger partial charge >= 0.3 is 0 Å². The lowest BCUT2D eigenvalue weighted by molar-refractivity contribution is -0.121. The maximum absolute atomic E-state index is 12.3. The molecule has 0 bridgehead atoms. The molecule has 1 aliphatic rings. The van der Waals surface area contributed by atoms with Crippen molar-refractivity contribution in [2.24, 2.45) is 0 Å². The van der Waals surface area contributed by atoms with E-state index in [-0.39, 0.29) is 25.0 Å². The molecule has 2 heterocycles. The molecule has 0 saturated carbocycles. The van der Waals surface area contributed by atoms with Crippen molar-refractivity contribution in [3.05, 3.63) is 54.2 Å². The number of anilines is 1. The van der Waals surface area contributed by atoms with E-state index < -0.39 is 0 Å². The molecule has 3 aromatic rings. The van der Waals surface area contributed by atoms with Crippen molar-refractivity contribution < 1.29 is 19.1 Å². The molecule has 0 saturated heterocycles. The predicted octanol–water partition coefficient (Wildman–Crippen LogP) is 2.61. The lowest BCUT2D eigenvalue weighted by atomic mass is 10.1. The van der Waals surface area contributed by atoms with Crippen molar-refractivity contribution in [3.8, 4) is 11.5 Å². The Morgan fingerprint density at radius 2 is 1.96 bits per heavy atom. The number of amides is 2. The number of hydrogen-bond donors (Lipinski definition) is 2. The molecule has 0 fully saturated rings. The van der Waals surface area contributed by atoms with Crippen LogP contribution in [0.4, 0.5) is 5.69 Å². The average molecular weight is 379 g/mol. The van der Waals surface area contributed by atoms with E-state index in [9.17, 15) is 9.59 Å². The van der Waals surface area contributed by atoms with Crippen LogP contribution in [0.5, 0.6) is 11.5 Å². The first kappa shape index (κ1) is 17.9. The smallest absolute Gasteiger partial charge is 0.231 e. The van der Waals surface area contributed by atoms with E-state index in [1.54, 1.807) is 17.0 Å². The summed E-state index contributed by atoms with van der Waals surface area (Å²) in [5.41, 5.74) is 2.67. The largest absolute Gasteiger partial charge is 0.454 e. The number of nitrogens with zero attached hydrogens (tertiary/aromatic N) is 1. The summed E-state index contributed by atoms with van der Waals surface area (Å²) in [6, 6.07) is 13.2. The van der Waals surface area contributed by atoms with E-state index >= 15 is 0 Å². The van der Waals surface area contributed by atoms with Crippen LogP contribution in [-0.2, 0) is 16.0 Å². The molecular formula is C21H21N3O4. The Balaban J connectivity index is 1.36. The van der Waals surface area contributed by atoms with Gasteiger partial charge in [-0.15, -0.1) is 0 Å². The highest BCUT2D eigenvalue weighted by Gasteiger charge is 2.18. The Kier molecular flexibility index (Phi) is 4.89. The average Bonchev–Trinajstić information content (AvgIpc) is 3.31. The maximum Gasteiger partial charge on any atom is 0.231 e. The fourth-order valence-electron chi connectivity index (χ4n) is 3.34. The Hall–Kier alpha value is -3.48.